The first-order valence-electron chi connectivity index (χ1n) is 7.35. The molecule has 116 valence electrons. The summed E-state index contributed by atoms with van der Waals surface area (Å²) in [5, 5.41) is 6.78. The number of hydrogen-bond acceptors (Lipinski definition) is 5. The third kappa shape index (κ3) is 4.23. The van der Waals surface area contributed by atoms with Gasteiger partial charge in [0.2, 0.25) is 17.6 Å². The van der Waals surface area contributed by atoms with Gasteiger partial charge in [0.25, 0.3) is 0 Å². The van der Waals surface area contributed by atoms with Gasteiger partial charge in [0.15, 0.2) is 0 Å². The van der Waals surface area contributed by atoms with Crippen LogP contribution in [-0.2, 0) is 17.8 Å². The van der Waals surface area contributed by atoms with Crippen LogP contribution in [0.5, 0.6) is 0 Å². The number of nitrogens with one attached hydrogen (secondary N) is 1. The zero-order chi connectivity index (χ0) is 15.9. The van der Waals surface area contributed by atoms with Gasteiger partial charge in [-0.1, -0.05) is 35.5 Å². The van der Waals surface area contributed by atoms with Crippen molar-refractivity contribution in [3.63, 3.8) is 0 Å². The molecule has 0 unspecified atom stereocenters. The number of rotatable bonds is 6. The molecule has 0 bridgehead atoms. The van der Waals surface area contributed by atoms with Gasteiger partial charge in [-0.2, -0.15) is 4.98 Å². The minimum Gasteiger partial charge on any atom is -0.352 e. The molecule has 0 saturated heterocycles. The van der Waals surface area contributed by atoms with Gasteiger partial charge < -0.3 is 9.84 Å². The quantitative estimate of drug-likeness (QED) is 0.756. The van der Waals surface area contributed by atoms with Gasteiger partial charge in [-0.25, -0.2) is 0 Å². The molecule has 0 fully saturated rings. The van der Waals surface area contributed by atoms with Gasteiger partial charge in [-0.05, 0) is 17.7 Å². The third-order valence-corrected chi connectivity index (χ3v) is 3.31. The fraction of sp³-hybridized carbons (Fsp3) is 0.176. The summed E-state index contributed by atoms with van der Waals surface area (Å²) in [5.41, 5.74) is 1.90. The van der Waals surface area contributed by atoms with Crippen molar-refractivity contribution in [3.05, 3.63) is 66.3 Å². The van der Waals surface area contributed by atoms with Crippen LogP contribution in [0.2, 0.25) is 0 Å². The largest absolute Gasteiger partial charge is 0.352 e. The lowest BCUT2D eigenvalue weighted by Crippen LogP contribution is -2.22. The highest BCUT2D eigenvalue weighted by Crippen LogP contribution is 2.14. The van der Waals surface area contributed by atoms with Crippen LogP contribution in [0.15, 0.2) is 59.4 Å². The van der Waals surface area contributed by atoms with E-state index in [4.69, 9.17) is 4.52 Å². The summed E-state index contributed by atoms with van der Waals surface area (Å²) in [5.74, 6) is 0.913. The number of nitrogens with zero attached hydrogens (tertiary/aromatic N) is 3. The van der Waals surface area contributed by atoms with Gasteiger partial charge >= 0.3 is 0 Å². The molecule has 0 spiro atoms. The third-order valence-electron chi connectivity index (χ3n) is 3.31. The second-order valence-electron chi connectivity index (χ2n) is 5.01. The zero-order valence-electron chi connectivity index (χ0n) is 12.5. The van der Waals surface area contributed by atoms with E-state index in [9.17, 15) is 4.79 Å². The molecule has 0 saturated carbocycles. The second-order valence-corrected chi connectivity index (χ2v) is 5.01. The fourth-order valence-corrected chi connectivity index (χ4v) is 2.08. The summed E-state index contributed by atoms with van der Waals surface area (Å²) < 4.78 is 5.17. The molecular formula is C17H16N4O2. The van der Waals surface area contributed by atoms with Gasteiger partial charge in [0.05, 0.1) is 0 Å². The normalized spacial score (nSPS) is 10.4. The molecule has 1 amide bonds. The van der Waals surface area contributed by atoms with Gasteiger partial charge in [0.1, 0.15) is 0 Å². The summed E-state index contributed by atoms with van der Waals surface area (Å²) in [6.45, 7) is 0.520. The number of aryl methyl sites for hydroxylation is 1. The molecule has 2 aromatic heterocycles. The Hall–Kier alpha value is -3.02. The molecule has 0 radical (unpaired) electrons. The van der Waals surface area contributed by atoms with E-state index in [0.29, 0.717) is 31.1 Å². The first kappa shape index (κ1) is 14.9. The predicted octanol–water partition coefficient (Wildman–Crippen LogP) is 2.38. The number of amides is 1. The number of benzene rings is 1. The molecule has 3 aromatic rings. The lowest BCUT2D eigenvalue weighted by molar-refractivity contribution is -0.121. The molecule has 2 heterocycles. The summed E-state index contributed by atoms with van der Waals surface area (Å²) >= 11 is 0. The molecular weight excluding hydrogens is 292 g/mol. The van der Waals surface area contributed by atoms with Crippen molar-refractivity contribution in [2.45, 2.75) is 19.4 Å². The maximum Gasteiger partial charge on any atom is 0.227 e. The van der Waals surface area contributed by atoms with Crippen molar-refractivity contribution in [1.82, 2.24) is 20.4 Å². The van der Waals surface area contributed by atoms with E-state index in [2.05, 4.69) is 20.4 Å². The van der Waals surface area contributed by atoms with Gasteiger partial charge in [-0.15, -0.1) is 0 Å². The van der Waals surface area contributed by atoms with Crippen LogP contribution in [0, 0.1) is 0 Å². The molecule has 0 aliphatic heterocycles. The van der Waals surface area contributed by atoms with E-state index < -0.39 is 0 Å². The first-order chi connectivity index (χ1) is 11.3. The monoisotopic (exact) mass is 308 g/mol. The summed E-state index contributed by atoms with van der Waals surface area (Å²) in [4.78, 5) is 20.1. The van der Waals surface area contributed by atoms with E-state index in [1.807, 2.05) is 30.3 Å². The number of aromatic nitrogens is 3. The Morgan fingerprint density at radius 2 is 1.87 bits per heavy atom. The first-order valence-corrected chi connectivity index (χ1v) is 7.35. The number of carbonyl (C=O) groups is 1. The van der Waals surface area contributed by atoms with Gasteiger partial charge in [0, 0.05) is 37.3 Å². The van der Waals surface area contributed by atoms with Crippen LogP contribution < -0.4 is 5.32 Å². The van der Waals surface area contributed by atoms with Crippen molar-refractivity contribution in [2.24, 2.45) is 0 Å². The second kappa shape index (κ2) is 7.31. The SMILES string of the molecule is O=C(CCc1nc(-c2ccncc2)no1)NCc1ccccc1. The number of pyridine rings is 1. The lowest BCUT2D eigenvalue weighted by Gasteiger charge is -2.03. The zero-order valence-corrected chi connectivity index (χ0v) is 12.5. The van der Waals surface area contributed by atoms with Crippen molar-refractivity contribution in [3.8, 4) is 11.4 Å². The van der Waals surface area contributed by atoms with Crippen molar-refractivity contribution in [1.29, 1.82) is 0 Å². The topological polar surface area (TPSA) is 80.9 Å². The Morgan fingerprint density at radius 3 is 2.65 bits per heavy atom. The number of hydrogen-bond donors (Lipinski definition) is 1. The van der Waals surface area contributed by atoms with Crippen molar-refractivity contribution < 1.29 is 9.32 Å². The van der Waals surface area contributed by atoms with E-state index >= 15 is 0 Å². The Bertz CT molecular complexity index is 757. The highest BCUT2D eigenvalue weighted by molar-refractivity contribution is 5.76. The maximum absolute atomic E-state index is 11.9. The van der Waals surface area contributed by atoms with Crippen LogP contribution in [-0.4, -0.2) is 21.0 Å². The predicted molar refractivity (Wildman–Crippen MR) is 84.1 cm³/mol. The van der Waals surface area contributed by atoms with Crippen molar-refractivity contribution >= 4 is 5.91 Å². The van der Waals surface area contributed by atoms with E-state index in [1.54, 1.807) is 24.5 Å². The molecule has 23 heavy (non-hydrogen) atoms. The highest BCUT2D eigenvalue weighted by atomic mass is 16.5. The summed E-state index contributed by atoms with van der Waals surface area (Å²) in [7, 11) is 0. The van der Waals surface area contributed by atoms with Crippen LogP contribution in [0.4, 0.5) is 0 Å². The Balaban J connectivity index is 1.49. The molecule has 6 nitrogen and oxygen atoms in total. The average Bonchev–Trinajstić information content (AvgIpc) is 3.09. The van der Waals surface area contributed by atoms with Crippen molar-refractivity contribution in [2.75, 3.05) is 0 Å². The molecule has 3 rings (SSSR count). The molecule has 0 aliphatic carbocycles. The summed E-state index contributed by atoms with van der Waals surface area (Å²) in [6, 6.07) is 13.4. The minimum absolute atomic E-state index is 0.0440. The molecule has 1 N–H and O–H groups in total. The molecule has 1 aromatic carbocycles. The van der Waals surface area contributed by atoms with E-state index in [0.717, 1.165) is 11.1 Å². The molecule has 0 atom stereocenters. The Labute approximate surface area is 133 Å². The smallest absolute Gasteiger partial charge is 0.227 e. The van der Waals surface area contributed by atoms with E-state index in [-0.39, 0.29) is 5.91 Å². The van der Waals surface area contributed by atoms with Crippen LogP contribution in [0.25, 0.3) is 11.4 Å². The fourth-order valence-electron chi connectivity index (χ4n) is 2.08. The van der Waals surface area contributed by atoms with Gasteiger partial charge in [-0.3, -0.25) is 9.78 Å². The maximum atomic E-state index is 11.9. The van der Waals surface area contributed by atoms with Crippen LogP contribution >= 0.6 is 0 Å². The highest BCUT2D eigenvalue weighted by Gasteiger charge is 2.10. The Kier molecular flexibility index (Phi) is 4.73. The standard InChI is InChI=1S/C17H16N4O2/c22-15(19-12-13-4-2-1-3-5-13)6-7-16-20-17(21-23-16)14-8-10-18-11-9-14/h1-5,8-11H,6-7,12H2,(H,19,22). The molecule has 6 heteroatoms. The average molecular weight is 308 g/mol. The van der Waals surface area contributed by atoms with Crippen LogP contribution in [0.1, 0.15) is 17.9 Å². The molecule has 0 aliphatic rings. The van der Waals surface area contributed by atoms with Crippen LogP contribution in [0.3, 0.4) is 0 Å². The summed E-state index contributed by atoms with van der Waals surface area (Å²) in [6.07, 6.45) is 4.06. The van der Waals surface area contributed by atoms with E-state index in [1.165, 1.54) is 0 Å². The Morgan fingerprint density at radius 1 is 1.09 bits per heavy atom. The lowest BCUT2D eigenvalue weighted by atomic mass is 10.2. The number of carbonyl (C=O) groups excluding carboxylic acids is 1. The minimum atomic E-state index is -0.0440.